The smallest absolute Gasteiger partial charge is 0.261 e. The van der Waals surface area contributed by atoms with E-state index in [-0.39, 0.29) is 5.91 Å². The summed E-state index contributed by atoms with van der Waals surface area (Å²) in [6.07, 6.45) is 5.81. The summed E-state index contributed by atoms with van der Waals surface area (Å²) in [5.41, 5.74) is 3.39. The lowest BCUT2D eigenvalue weighted by atomic mass is 9.95. The zero-order valence-electron chi connectivity index (χ0n) is 19.4. The second kappa shape index (κ2) is 10.1. The Morgan fingerprint density at radius 2 is 1.86 bits per heavy atom. The highest BCUT2D eigenvalue weighted by atomic mass is 32.1. The van der Waals surface area contributed by atoms with Crippen LogP contribution < -0.4 is 14.8 Å². The van der Waals surface area contributed by atoms with Gasteiger partial charge in [-0.15, -0.1) is 11.3 Å². The predicted octanol–water partition coefficient (Wildman–Crippen LogP) is 6.17. The second-order valence-corrected chi connectivity index (χ2v) is 9.25. The fourth-order valence-corrected chi connectivity index (χ4v) is 5.37. The van der Waals surface area contributed by atoms with Crippen molar-refractivity contribution in [2.75, 3.05) is 19.0 Å². The third-order valence-corrected chi connectivity index (χ3v) is 7.08. The number of aryl methyl sites for hydroxylation is 1. The number of fused-ring (bicyclic) bond motifs is 1. The summed E-state index contributed by atoms with van der Waals surface area (Å²) in [6.45, 7) is 4.06. The second-order valence-electron chi connectivity index (χ2n) is 8.14. The number of methoxy groups -OCH3 is 1. The minimum atomic E-state index is -0.199. The standard InChI is InChI=1S/C27H25N3O4S/c1-3-16-33-20-14-10-18(11-15-20)25(31)29-27-23(21-6-4-5-7-22(21)35-27)26-28-24(30-34-26)17-8-12-19(32-2)13-9-17/h3,8-15H,1,4-7,16H2,2H3,(H,29,31). The molecule has 2 heterocycles. The Morgan fingerprint density at radius 1 is 1.11 bits per heavy atom. The maximum Gasteiger partial charge on any atom is 0.261 e. The highest BCUT2D eigenvalue weighted by Crippen LogP contribution is 2.44. The number of carbonyl (C=O) groups is 1. The van der Waals surface area contributed by atoms with Crippen molar-refractivity contribution in [2.24, 2.45) is 0 Å². The first-order valence-corrected chi connectivity index (χ1v) is 12.3. The van der Waals surface area contributed by atoms with E-state index in [1.807, 2.05) is 24.3 Å². The van der Waals surface area contributed by atoms with E-state index in [2.05, 4.69) is 22.0 Å². The molecular formula is C27H25N3O4S. The van der Waals surface area contributed by atoms with Crippen molar-refractivity contribution in [1.82, 2.24) is 10.1 Å². The fraction of sp³-hybridized carbons (Fsp3) is 0.222. The Labute approximate surface area is 207 Å². The molecule has 0 saturated carbocycles. The van der Waals surface area contributed by atoms with Crippen molar-refractivity contribution in [3.63, 3.8) is 0 Å². The number of thiophene rings is 1. The van der Waals surface area contributed by atoms with Gasteiger partial charge in [0.05, 0.1) is 12.7 Å². The lowest BCUT2D eigenvalue weighted by Gasteiger charge is -2.11. The third kappa shape index (κ3) is 4.83. The minimum absolute atomic E-state index is 0.199. The van der Waals surface area contributed by atoms with Gasteiger partial charge in [0.1, 0.15) is 23.1 Å². The molecule has 0 saturated heterocycles. The van der Waals surface area contributed by atoms with E-state index >= 15 is 0 Å². The summed E-state index contributed by atoms with van der Waals surface area (Å²) in [6, 6.07) is 14.5. The van der Waals surface area contributed by atoms with Gasteiger partial charge in [-0.3, -0.25) is 4.79 Å². The molecule has 178 valence electrons. The molecule has 2 aromatic heterocycles. The molecule has 5 rings (SSSR count). The molecule has 4 aromatic rings. The zero-order chi connectivity index (χ0) is 24.2. The van der Waals surface area contributed by atoms with E-state index in [4.69, 9.17) is 14.0 Å². The predicted molar refractivity (Wildman–Crippen MR) is 136 cm³/mol. The summed E-state index contributed by atoms with van der Waals surface area (Å²) in [7, 11) is 1.63. The molecule has 0 atom stereocenters. The summed E-state index contributed by atoms with van der Waals surface area (Å²) < 4.78 is 16.4. The van der Waals surface area contributed by atoms with Crippen LogP contribution in [0.4, 0.5) is 5.00 Å². The van der Waals surface area contributed by atoms with Crippen molar-refractivity contribution in [3.8, 4) is 34.3 Å². The summed E-state index contributed by atoms with van der Waals surface area (Å²) in [5.74, 6) is 2.15. The maximum absolute atomic E-state index is 13.1. The van der Waals surface area contributed by atoms with Crippen LogP contribution in [0.3, 0.4) is 0 Å². The van der Waals surface area contributed by atoms with Gasteiger partial charge in [-0.1, -0.05) is 17.8 Å². The van der Waals surface area contributed by atoms with E-state index in [1.165, 1.54) is 10.4 Å². The molecule has 1 amide bonds. The Bertz CT molecular complexity index is 1340. The molecule has 0 aliphatic heterocycles. The molecule has 0 bridgehead atoms. The van der Waals surface area contributed by atoms with Crippen LogP contribution in [0.1, 0.15) is 33.6 Å². The number of rotatable bonds is 8. The number of aromatic nitrogens is 2. The van der Waals surface area contributed by atoms with Gasteiger partial charge in [0.15, 0.2) is 0 Å². The van der Waals surface area contributed by atoms with Crippen molar-refractivity contribution in [1.29, 1.82) is 0 Å². The van der Waals surface area contributed by atoms with Crippen LogP contribution in [0.15, 0.2) is 65.7 Å². The van der Waals surface area contributed by atoms with E-state index in [0.717, 1.165) is 47.6 Å². The van der Waals surface area contributed by atoms with Crippen molar-refractivity contribution >= 4 is 22.2 Å². The van der Waals surface area contributed by atoms with Gasteiger partial charge in [-0.25, -0.2) is 0 Å². The average Bonchev–Trinajstić information content (AvgIpc) is 3.52. The zero-order valence-corrected chi connectivity index (χ0v) is 20.2. The molecule has 7 nitrogen and oxygen atoms in total. The summed E-state index contributed by atoms with van der Waals surface area (Å²) in [5, 5.41) is 8.03. The van der Waals surface area contributed by atoms with Gasteiger partial charge in [0, 0.05) is 16.0 Å². The maximum atomic E-state index is 13.1. The average molecular weight is 488 g/mol. The molecule has 2 aromatic carbocycles. The molecule has 0 unspecified atom stereocenters. The Kier molecular flexibility index (Phi) is 6.63. The van der Waals surface area contributed by atoms with Crippen LogP contribution in [0.2, 0.25) is 0 Å². The highest BCUT2D eigenvalue weighted by molar-refractivity contribution is 7.17. The van der Waals surface area contributed by atoms with Crippen LogP contribution in [0, 0.1) is 0 Å². The number of ether oxygens (including phenoxy) is 2. The van der Waals surface area contributed by atoms with Gasteiger partial charge >= 0.3 is 0 Å². The molecule has 0 radical (unpaired) electrons. The molecule has 35 heavy (non-hydrogen) atoms. The first-order chi connectivity index (χ1) is 17.2. The Balaban J connectivity index is 1.44. The molecule has 8 heteroatoms. The first kappa shape index (κ1) is 22.9. The molecule has 1 aliphatic rings. The lowest BCUT2D eigenvalue weighted by Crippen LogP contribution is -2.11. The van der Waals surface area contributed by atoms with E-state index in [9.17, 15) is 4.79 Å². The monoisotopic (exact) mass is 487 g/mol. The quantitative estimate of drug-likeness (QED) is 0.299. The number of amides is 1. The van der Waals surface area contributed by atoms with Crippen LogP contribution in [-0.2, 0) is 12.8 Å². The highest BCUT2D eigenvalue weighted by Gasteiger charge is 2.27. The van der Waals surface area contributed by atoms with Crippen LogP contribution in [0.5, 0.6) is 11.5 Å². The molecule has 0 fully saturated rings. The van der Waals surface area contributed by atoms with E-state index in [1.54, 1.807) is 48.8 Å². The number of hydrogen-bond acceptors (Lipinski definition) is 7. The Hall–Kier alpha value is -3.91. The van der Waals surface area contributed by atoms with Crippen LogP contribution >= 0.6 is 11.3 Å². The fourth-order valence-electron chi connectivity index (χ4n) is 4.10. The SMILES string of the molecule is C=CCOc1ccc(C(=O)Nc2sc3c(c2-c2nc(-c4ccc(OC)cc4)no2)CCCC3)cc1. The van der Waals surface area contributed by atoms with Crippen molar-refractivity contribution in [2.45, 2.75) is 25.7 Å². The van der Waals surface area contributed by atoms with Gasteiger partial charge in [-0.2, -0.15) is 4.98 Å². The number of nitrogens with zero attached hydrogens (tertiary/aromatic N) is 2. The van der Waals surface area contributed by atoms with E-state index in [0.29, 0.717) is 29.6 Å². The van der Waals surface area contributed by atoms with Gasteiger partial charge < -0.3 is 19.3 Å². The largest absolute Gasteiger partial charge is 0.497 e. The number of benzene rings is 2. The van der Waals surface area contributed by atoms with Crippen LogP contribution in [0.25, 0.3) is 22.8 Å². The summed E-state index contributed by atoms with van der Waals surface area (Å²) in [4.78, 5) is 19.0. The van der Waals surface area contributed by atoms with Gasteiger partial charge in [0.2, 0.25) is 5.82 Å². The third-order valence-electron chi connectivity index (χ3n) is 5.87. The van der Waals surface area contributed by atoms with Crippen molar-refractivity contribution in [3.05, 3.63) is 77.2 Å². The number of anilines is 1. The first-order valence-electron chi connectivity index (χ1n) is 11.4. The van der Waals surface area contributed by atoms with Crippen molar-refractivity contribution < 1.29 is 18.8 Å². The Morgan fingerprint density at radius 3 is 2.60 bits per heavy atom. The molecular weight excluding hydrogens is 462 g/mol. The molecule has 1 aliphatic carbocycles. The minimum Gasteiger partial charge on any atom is -0.497 e. The van der Waals surface area contributed by atoms with Gasteiger partial charge in [-0.05, 0) is 79.8 Å². The van der Waals surface area contributed by atoms with Crippen LogP contribution in [-0.4, -0.2) is 29.8 Å². The number of carbonyl (C=O) groups excluding carboxylic acids is 1. The normalized spacial score (nSPS) is 12.6. The number of nitrogens with one attached hydrogen (secondary N) is 1. The number of hydrogen-bond donors (Lipinski definition) is 1. The van der Waals surface area contributed by atoms with E-state index < -0.39 is 0 Å². The molecule has 0 spiro atoms. The topological polar surface area (TPSA) is 86.5 Å². The summed E-state index contributed by atoms with van der Waals surface area (Å²) >= 11 is 1.59. The molecule has 1 N–H and O–H groups in total. The van der Waals surface area contributed by atoms with Gasteiger partial charge in [0.25, 0.3) is 11.8 Å². The lowest BCUT2D eigenvalue weighted by molar-refractivity contribution is 0.102.